The summed E-state index contributed by atoms with van der Waals surface area (Å²) in [5.74, 6) is 0.374. The molecule has 1 N–H and O–H groups in total. The number of methoxy groups -OCH3 is 1. The van der Waals surface area contributed by atoms with Gasteiger partial charge in [0.2, 0.25) is 0 Å². The van der Waals surface area contributed by atoms with Crippen LogP contribution in [0.1, 0.15) is 11.1 Å². The zero-order valence-electron chi connectivity index (χ0n) is 15.6. The summed E-state index contributed by atoms with van der Waals surface area (Å²) in [5, 5.41) is 9.93. The molecule has 0 aliphatic carbocycles. The average Bonchev–Trinajstić information content (AvgIpc) is 2.73. The number of hydrogen-bond donors (Lipinski definition) is 1. The van der Waals surface area contributed by atoms with Crippen molar-refractivity contribution in [3.05, 3.63) is 89.0 Å². The maximum atomic E-state index is 12.1. The molecule has 0 aromatic heterocycles. The fourth-order valence-corrected chi connectivity index (χ4v) is 2.54. The van der Waals surface area contributed by atoms with E-state index in [0.29, 0.717) is 22.2 Å². The topological polar surface area (TPSA) is 68.1 Å². The number of carbonyl (C=O) groups is 1. The molecule has 3 rings (SSSR count). The van der Waals surface area contributed by atoms with Crippen molar-refractivity contribution in [1.29, 1.82) is 0 Å². The molecule has 0 saturated heterocycles. The van der Waals surface area contributed by atoms with Crippen LogP contribution in [-0.2, 0) is 4.79 Å². The van der Waals surface area contributed by atoms with Gasteiger partial charge in [0.25, 0.3) is 0 Å². The van der Waals surface area contributed by atoms with Crippen molar-refractivity contribution in [3.63, 3.8) is 0 Å². The summed E-state index contributed by atoms with van der Waals surface area (Å²) in [6, 6.07) is 18.7. The lowest BCUT2D eigenvalue weighted by atomic mass is 10.2. The van der Waals surface area contributed by atoms with Gasteiger partial charge in [-0.25, -0.2) is 4.79 Å². The fourth-order valence-electron chi connectivity index (χ4n) is 2.42. The fraction of sp³-hybridized carbons (Fsp3) is 0.0435. The lowest BCUT2D eigenvalue weighted by molar-refractivity contribution is -0.129. The van der Waals surface area contributed by atoms with Gasteiger partial charge in [0.1, 0.15) is 5.75 Å². The van der Waals surface area contributed by atoms with Crippen LogP contribution in [0.2, 0.25) is 5.02 Å². The third kappa shape index (κ3) is 5.96. The van der Waals surface area contributed by atoms with Crippen LogP contribution in [0.25, 0.3) is 6.08 Å². The minimum Gasteiger partial charge on any atom is -0.508 e. The van der Waals surface area contributed by atoms with Crippen LogP contribution in [0.4, 0.5) is 5.69 Å². The number of esters is 1. The van der Waals surface area contributed by atoms with Gasteiger partial charge in [-0.1, -0.05) is 23.7 Å². The van der Waals surface area contributed by atoms with Gasteiger partial charge < -0.3 is 14.6 Å². The first kappa shape index (κ1) is 20.2. The van der Waals surface area contributed by atoms with Gasteiger partial charge >= 0.3 is 5.97 Å². The van der Waals surface area contributed by atoms with Gasteiger partial charge in [-0.2, -0.15) is 0 Å². The minimum absolute atomic E-state index is 0.182. The van der Waals surface area contributed by atoms with Crippen LogP contribution in [0.3, 0.4) is 0 Å². The van der Waals surface area contributed by atoms with E-state index in [-0.39, 0.29) is 5.75 Å². The molecule has 0 heterocycles. The largest absolute Gasteiger partial charge is 0.508 e. The lowest BCUT2D eigenvalue weighted by Crippen LogP contribution is -2.05. The van der Waals surface area contributed by atoms with Crippen molar-refractivity contribution in [2.45, 2.75) is 0 Å². The van der Waals surface area contributed by atoms with Gasteiger partial charge in [0, 0.05) is 17.3 Å². The zero-order chi connectivity index (χ0) is 20.6. The van der Waals surface area contributed by atoms with Crippen LogP contribution in [0.5, 0.6) is 17.2 Å². The van der Waals surface area contributed by atoms with Crippen molar-refractivity contribution in [2.75, 3.05) is 7.11 Å². The second kappa shape index (κ2) is 9.57. The molecule has 0 spiro atoms. The molecular formula is C23H18ClNO4. The van der Waals surface area contributed by atoms with Crippen LogP contribution in [-0.4, -0.2) is 24.4 Å². The number of benzene rings is 3. The summed E-state index contributed by atoms with van der Waals surface area (Å²) < 4.78 is 10.7. The molecule has 3 aromatic rings. The molecule has 6 heteroatoms. The van der Waals surface area contributed by atoms with E-state index in [1.165, 1.54) is 13.2 Å². The Labute approximate surface area is 173 Å². The Kier molecular flexibility index (Phi) is 6.66. The molecule has 146 valence electrons. The monoisotopic (exact) mass is 407 g/mol. The van der Waals surface area contributed by atoms with E-state index in [1.54, 1.807) is 79.0 Å². The normalized spacial score (nSPS) is 11.1. The van der Waals surface area contributed by atoms with Crippen molar-refractivity contribution in [3.8, 4) is 17.2 Å². The van der Waals surface area contributed by atoms with E-state index in [1.807, 2.05) is 0 Å². The Bertz CT molecular complexity index is 1040. The quantitative estimate of drug-likeness (QED) is 0.256. The number of hydrogen-bond acceptors (Lipinski definition) is 5. The number of carbonyl (C=O) groups excluding carboxylic acids is 1. The summed E-state index contributed by atoms with van der Waals surface area (Å²) in [6.45, 7) is 0. The number of halogens is 1. The third-order valence-corrected chi connectivity index (χ3v) is 4.14. The lowest BCUT2D eigenvalue weighted by Gasteiger charge is -2.08. The van der Waals surface area contributed by atoms with Crippen molar-refractivity contribution >= 4 is 35.5 Å². The maximum absolute atomic E-state index is 12.1. The molecule has 0 aliphatic rings. The average molecular weight is 408 g/mol. The van der Waals surface area contributed by atoms with E-state index in [9.17, 15) is 9.90 Å². The summed E-state index contributed by atoms with van der Waals surface area (Å²) in [5.41, 5.74) is 2.30. The Morgan fingerprint density at radius 2 is 1.66 bits per heavy atom. The molecule has 3 aromatic carbocycles. The van der Waals surface area contributed by atoms with Crippen molar-refractivity contribution < 1.29 is 19.4 Å². The molecule has 0 fully saturated rings. The van der Waals surface area contributed by atoms with Gasteiger partial charge in [0.15, 0.2) is 11.5 Å². The molecule has 0 unspecified atom stereocenters. The molecule has 0 bridgehead atoms. The second-order valence-electron chi connectivity index (χ2n) is 5.99. The van der Waals surface area contributed by atoms with E-state index in [2.05, 4.69) is 4.99 Å². The SMILES string of the molecule is COc1cc(/C=N/c2ccc(O)cc2)ccc1OC(=O)C=Cc1ccc(Cl)cc1. The number of rotatable bonds is 6. The zero-order valence-corrected chi connectivity index (χ0v) is 16.3. The molecule has 29 heavy (non-hydrogen) atoms. The summed E-state index contributed by atoms with van der Waals surface area (Å²) in [6.07, 6.45) is 4.63. The Hall–Kier alpha value is -3.57. The molecule has 0 saturated carbocycles. The third-order valence-electron chi connectivity index (χ3n) is 3.89. The Morgan fingerprint density at radius 1 is 0.966 bits per heavy atom. The standard InChI is InChI=1S/C23H18ClNO4/c1-28-22-14-17(15-25-19-8-10-20(26)11-9-19)4-12-21(22)29-23(27)13-5-16-2-6-18(24)7-3-16/h2-15,26H,1H3/b13-5?,25-15+. The number of phenolic OH excluding ortho intramolecular Hbond substituents is 1. The van der Waals surface area contributed by atoms with Crippen molar-refractivity contribution in [2.24, 2.45) is 4.99 Å². The molecule has 0 amide bonds. The van der Waals surface area contributed by atoms with Crippen LogP contribution in [0.15, 0.2) is 77.8 Å². The highest BCUT2D eigenvalue weighted by atomic mass is 35.5. The van der Waals surface area contributed by atoms with Crippen LogP contribution < -0.4 is 9.47 Å². The van der Waals surface area contributed by atoms with Gasteiger partial charge in [0.05, 0.1) is 12.8 Å². The highest BCUT2D eigenvalue weighted by Crippen LogP contribution is 2.28. The Morgan fingerprint density at radius 3 is 2.34 bits per heavy atom. The highest BCUT2D eigenvalue weighted by Gasteiger charge is 2.08. The van der Waals surface area contributed by atoms with Gasteiger partial charge in [-0.15, -0.1) is 0 Å². The molecule has 5 nitrogen and oxygen atoms in total. The van der Waals surface area contributed by atoms with E-state index in [0.717, 1.165) is 11.1 Å². The maximum Gasteiger partial charge on any atom is 0.336 e. The van der Waals surface area contributed by atoms with Crippen LogP contribution in [0, 0.1) is 0 Å². The smallest absolute Gasteiger partial charge is 0.336 e. The molecule has 0 atom stereocenters. The molecule has 0 aliphatic heterocycles. The summed E-state index contributed by atoms with van der Waals surface area (Å²) in [7, 11) is 1.50. The van der Waals surface area contributed by atoms with E-state index >= 15 is 0 Å². The number of ether oxygens (including phenoxy) is 2. The highest BCUT2D eigenvalue weighted by molar-refractivity contribution is 6.30. The number of phenols is 1. The van der Waals surface area contributed by atoms with E-state index < -0.39 is 5.97 Å². The van der Waals surface area contributed by atoms with Crippen molar-refractivity contribution in [1.82, 2.24) is 0 Å². The van der Waals surface area contributed by atoms with Gasteiger partial charge in [-0.3, -0.25) is 4.99 Å². The minimum atomic E-state index is -0.524. The first-order chi connectivity index (χ1) is 14.0. The van der Waals surface area contributed by atoms with E-state index in [4.69, 9.17) is 21.1 Å². The number of nitrogens with zero attached hydrogens (tertiary/aromatic N) is 1. The first-order valence-corrected chi connectivity index (χ1v) is 9.08. The molecular weight excluding hydrogens is 390 g/mol. The first-order valence-electron chi connectivity index (χ1n) is 8.70. The predicted octanol–water partition coefficient (Wildman–Crippen LogP) is 5.42. The molecule has 0 radical (unpaired) electrons. The predicted molar refractivity (Wildman–Crippen MR) is 114 cm³/mol. The summed E-state index contributed by atoms with van der Waals surface area (Å²) in [4.78, 5) is 16.4. The summed E-state index contributed by atoms with van der Waals surface area (Å²) >= 11 is 5.84. The second-order valence-corrected chi connectivity index (χ2v) is 6.43. The van der Waals surface area contributed by atoms with Crippen LogP contribution >= 0.6 is 11.6 Å². The Balaban J connectivity index is 1.68. The number of aromatic hydroxyl groups is 1. The van der Waals surface area contributed by atoms with Gasteiger partial charge in [-0.05, 0) is 71.8 Å². The number of aliphatic imine (C=N–C) groups is 1.